The van der Waals surface area contributed by atoms with Gasteiger partial charge in [0.2, 0.25) is 0 Å². The molecule has 0 aliphatic heterocycles. The Kier molecular flexibility index (Phi) is 6.81. The van der Waals surface area contributed by atoms with Gasteiger partial charge < -0.3 is 15.2 Å². The van der Waals surface area contributed by atoms with Crippen molar-refractivity contribution in [3.63, 3.8) is 0 Å². The molecule has 0 aromatic heterocycles. The number of rotatable bonds is 7. The summed E-state index contributed by atoms with van der Waals surface area (Å²) in [5, 5.41) is 0. The van der Waals surface area contributed by atoms with Crippen molar-refractivity contribution in [3.8, 4) is 5.75 Å². The summed E-state index contributed by atoms with van der Waals surface area (Å²) in [6.45, 7) is 0.803. The third-order valence-corrected chi connectivity index (χ3v) is 5.63. The van der Waals surface area contributed by atoms with Gasteiger partial charge in [0.1, 0.15) is 5.82 Å². The second kappa shape index (κ2) is 9.30. The molecule has 2 aromatic rings. The number of halogens is 2. The van der Waals surface area contributed by atoms with Gasteiger partial charge >= 0.3 is 0 Å². The molecule has 0 atom stereocenters. The fourth-order valence-electron chi connectivity index (χ4n) is 3.93. The summed E-state index contributed by atoms with van der Waals surface area (Å²) in [6, 6.07) is 12.4. The lowest BCUT2D eigenvalue weighted by atomic mass is 9.68. The van der Waals surface area contributed by atoms with Crippen molar-refractivity contribution in [3.05, 3.63) is 71.3 Å². The molecule has 0 unspecified atom stereocenters. The van der Waals surface area contributed by atoms with Gasteiger partial charge in [-0.3, -0.25) is 0 Å². The van der Waals surface area contributed by atoms with Gasteiger partial charge in [-0.15, -0.1) is 0 Å². The number of ether oxygens (including phenoxy) is 2. The lowest BCUT2D eigenvalue weighted by molar-refractivity contribution is 0.0284. The molecule has 2 N–H and O–H groups in total. The van der Waals surface area contributed by atoms with Crippen LogP contribution in [0.2, 0.25) is 0 Å². The predicted octanol–water partition coefficient (Wildman–Crippen LogP) is 4.84. The zero-order valence-electron chi connectivity index (χ0n) is 16.2. The first-order valence-electron chi connectivity index (χ1n) is 9.65. The maximum atomic E-state index is 14.6. The Morgan fingerprint density at radius 2 is 1.82 bits per heavy atom. The summed E-state index contributed by atoms with van der Waals surface area (Å²) in [5.41, 5.74) is 6.94. The molecule has 1 fully saturated rings. The van der Waals surface area contributed by atoms with Gasteiger partial charge in [-0.25, -0.2) is 8.78 Å². The molecule has 3 rings (SSSR count). The van der Waals surface area contributed by atoms with Gasteiger partial charge in [-0.1, -0.05) is 42.5 Å². The van der Waals surface area contributed by atoms with Crippen molar-refractivity contribution in [2.24, 2.45) is 5.73 Å². The molecule has 0 bridgehead atoms. The van der Waals surface area contributed by atoms with Crippen molar-refractivity contribution >= 4 is 6.08 Å². The standard InChI is InChI=1S/C23H27F2NO2/c1-27-22-15-20(24)19(14-21(22)25)23(16-26)11-9-18(10-12-23)28-13-5-8-17-6-3-2-4-7-17/h2-8,14-15,18H,9-13,16,26H2,1H3. The number of hydrogen-bond acceptors (Lipinski definition) is 3. The highest BCUT2D eigenvalue weighted by Gasteiger charge is 2.38. The van der Waals surface area contributed by atoms with Crippen molar-refractivity contribution in [1.82, 2.24) is 0 Å². The molecule has 0 radical (unpaired) electrons. The maximum Gasteiger partial charge on any atom is 0.165 e. The number of nitrogens with two attached hydrogens (primary N) is 1. The van der Waals surface area contributed by atoms with Crippen LogP contribution in [0.15, 0.2) is 48.5 Å². The van der Waals surface area contributed by atoms with E-state index in [1.54, 1.807) is 0 Å². The van der Waals surface area contributed by atoms with Crippen molar-refractivity contribution < 1.29 is 18.3 Å². The summed E-state index contributed by atoms with van der Waals surface area (Å²) in [7, 11) is 1.32. The minimum atomic E-state index is -0.559. The first-order chi connectivity index (χ1) is 13.6. The summed E-state index contributed by atoms with van der Waals surface area (Å²) >= 11 is 0. The normalized spacial score (nSPS) is 22.5. The van der Waals surface area contributed by atoms with Crippen LogP contribution in [0.1, 0.15) is 36.8 Å². The molecule has 0 amide bonds. The van der Waals surface area contributed by atoms with E-state index < -0.39 is 17.0 Å². The highest BCUT2D eigenvalue weighted by atomic mass is 19.1. The van der Waals surface area contributed by atoms with E-state index >= 15 is 0 Å². The lowest BCUT2D eigenvalue weighted by Crippen LogP contribution is -2.41. The molecule has 1 saturated carbocycles. The largest absolute Gasteiger partial charge is 0.494 e. The topological polar surface area (TPSA) is 44.5 Å². The molecule has 0 saturated heterocycles. The maximum absolute atomic E-state index is 14.6. The first kappa shape index (κ1) is 20.5. The second-order valence-corrected chi connectivity index (χ2v) is 7.30. The zero-order chi connectivity index (χ0) is 20.0. The number of methoxy groups -OCH3 is 1. The second-order valence-electron chi connectivity index (χ2n) is 7.30. The van der Waals surface area contributed by atoms with Crippen molar-refractivity contribution in [1.29, 1.82) is 0 Å². The third kappa shape index (κ3) is 4.59. The molecule has 5 heteroatoms. The summed E-state index contributed by atoms with van der Waals surface area (Å²) < 4.78 is 39.6. The van der Waals surface area contributed by atoms with Crippen LogP contribution in [0.5, 0.6) is 5.75 Å². The first-order valence-corrected chi connectivity index (χ1v) is 9.65. The average Bonchev–Trinajstić information content (AvgIpc) is 2.74. The van der Waals surface area contributed by atoms with Crippen LogP contribution >= 0.6 is 0 Å². The Balaban J connectivity index is 1.59. The van der Waals surface area contributed by atoms with Gasteiger partial charge in [0, 0.05) is 18.0 Å². The van der Waals surface area contributed by atoms with Crippen LogP contribution in [0.3, 0.4) is 0 Å². The Hall–Kier alpha value is -2.24. The molecule has 0 heterocycles. The Labute approximate surface area is 165 Å². The van der Waals surface area contributed by atoms with E-state index in [-0.39, 0.29) is 18.4 Å². The highest BCUT2D eigenvalue weighted by molar-refractivity contribution is 5.48. The Morgan fingerprint density at radius 3 is 2.46 bits per heavy atom. The quantitative estimate of drug-likeness (QED) is 0.739. The summed E-state index contributed by atoms with van der Waals surface area (Å²) in [6.07, 6.45) is 7.00. The molecule has 28 heavy (non-hydrogen) atoms. The van der Waals surface area contributed by atoms with E-state index in [0.29, 0.717) is 25.0 Å². The van der Waals surface area contributed by atoms with Crippen LogP contribution in [0, 0.1) is 11.6 Å². The van der Waals surface area contributed by atoms with Gasteiger partial charge in [-0.05, 0) is 42.9 Å². The molecule has 1 aliphatic carbocycles. The molecule has 2 aromatic carbocycles. The monoisotopic (exact) mass is 387 g/mol. The molecule has 3 nitrogen and oxygen atoms in total. The minimum absolute atomic E-state index is 0.0874. The molecule has 150 valence electrons. The third-order valence-electron chi connectivity index (χ3n) is 5.63. The fraction of sp³-hybridized carbons (Fsp3) is 0.391. The number of benzene rings is 2. The van der Waals surface area contributed by atoms with Crippen LogP contribution in [0.4, 0.5) is 8.78 Å². The molecular formula is C23H27F2NO2. The highest BCUT2D eigenvalue weighted by Crippen LogP contribution is 2.42. The van der Waals surface area contributed by atoms with Crippen molar-refractivity contribution in [2.45, 2.75) is 37.2 Å². The van der Waals surface area contributed by atoms with Crippen LogP contribution in [-0.2, 0) is 10.2 Å². The van der Waals surface area contributed by atoms with Gasteiger partial charge in [-0.2, -0.15) is 0 Å². The lowest BCUT2D eigenvalue weighted by Gasteiger charge is -2.40. The number of hydrogen-bond donors (Lipinski definition) is 1. The SMILES string of the molecule is COc1cc(F)c(C2(CN)CCC(OCC=Cc3ccccc3)CC2)cc1F. The van der Waals surface area contributed by atoms with Crippen molar-refractivity contribution in [2.75, 3.05) is 20.3 Å². The van der Waals surface area contributed by atoms with E-state index in [2.05, 4.69) is 0 Å². The van der Waals surface area contributed by atoms with E-state index in [0.717, 1.165) is 24.5 Å². The Morgan fingerprint density at radius 1 is 1.11 bits per heavy atom. The van der Waals surface area contributed by atoms with E-state index in [1.165, 1.54) is 13.2 Å². The van der Waals surface area contributed by atoms with Gasteiger partial charge in [0.15, 0.2) is 11.6 Å². The van der Waals surface area contributed by atoms with Crippen LogP contribution < -0.4 is 10.5 Å². The van der Waals surface area contributed by atoms with Gasteiger partial charge in [0.25, 0.3) is 0 Å². The summed E-state index contributed by atoms with van der Waals surface area (Å²) in [4.78, 5) is 0. The van der Waals surface area contributed by atoms with E-state index in [1.807, 2.05) is 42.5 Å². The Bertz CT molecular complexity index is 800. The van der Waals surface area contributed by atoms with Gasteiger partial charge in [0.05, 0.1) is 19.8 Å². The van der Waals surface area contributed by atoms with Crippen LogP contribution in [-0.4, -0.2) is 26.4 Å². The summed E-state index contributed by atoms with van der Waals surface area (Å²) in [5.74, 6) is -1.11. The zero-order valence-corrected chi connectivity index (χ0v) is 16.2. The molecule has 1 aliphatic rings. The predicted molar refractivity (Wildman–Crippen MR) is 107 cm³/mol. The van der Waals surface area contributed by atoms with Crippen LogP contribution in [0.25, 0.3) is 6.08 Å². The smallest absolute Gasteiger partial charge is 0.165 e. The van der Waals surface area contributed by atoms with E-state index in [9.17, 15) is 8.78 Å². The molecular weight excluding hydrogens is 360 g/mol. The van der Waals surface area contributed by atoms with E-state index in [4.69, 9.17) is 15.2 Å². The minimum Gasteiger partial charge on any atom is -0.494 e. The molecule has 0 spiro atoms. The average molecular weight is 387 g/mol. The fourth-order valence-corrected chi connectivity index (χ4v) is 3.93.